The topological polar surface area (TPSA) is 68.1 Å². The minimum atomic E-state index is -0.205. The van der Waals surface area contributed by atoms with E-state index in [0.717, 1.165) is 24.5 Å². The van der Waals surface area contributed by atoms with Crippen LogP contribution >= 0.6 is 0 Å². The van der Waals surface area contributed by atoms with Crippen LogP contribution in [0.5, 0.6) is 0 Å². The molecule has 0 radical (unpaired) electrons. The number of amides is 1. The van der Waals surface area contributed by atoms with E-state index in [4.69, 9.17) is 0 Å². The van der Waals surface area contributed by atoms with Crippen molar-refractivity contribution in [3.8, 4) is 5.69 Å². The monoisotopic (exact) mass is 314 g/mol. The summed E-state index contributed by atoms with van der Waals surface area (Å²) in [5, 5.41) is 6.01. The fraction of sp³-hybridized carbons (Fsp3) is 0.412. The van der Waals surface area contributed by atoms with Gasteiger partial charge in [-0.2, -0.15) is 0 Å². The average molecular weight is 314 g/mol. The molecule has 1 atom stereocenters. The van der Waals surface area contributed by atoms with Crippen molar-refractivity contribution in [2.24, 2.45) is 18.9 Å². The summed E-state index contributed by atoms with van der Waals surface area (Å²) in [5.41, 5.74) is 1.68. The third-order valence-electron chi connectivity index (χ3n) is 4.74. The van der Waals surface area contributed by atoms with Gasteiger partial charge in [-0.1, -0.05) is 25.1 Å². The number of rotatable bonds is 4. The molecule has 122 valence electrons. The van der Waals surface area contributed by atoms with Gasteiger partial charge in [-0.25, -0.2) is 4.68 Å². The SMILES string of the molecule is Cc1c(NC(=O)C(C)C2CNC2)c(=O)n(-c2ccccc2)n1C. The van der Waals surface area contributed by atoms with Crippen molar-refractivity contribution in [3.05, 3.63) is 46.4 Å². The van der Waals surface area contributed by atoms with Gasteiger partial charge in [0.05, 0.1) is 11.4 Å². The van der Waals surface area contributed by atoms with Crippen molar-refractivity contribution < 1.29 is 4.79 Å². The zero-order chi connectivity index (χ0) is 16.6. The number of nitrogens with one attached hydrogen (secondary N) is 2. The maximum atomic E-state index is 12.7. The van der Waals surface area contributed by atoms with Gasteiger partial charge in [-0.3, -0.25) is 14.3 Å². The first kappa shape index (κ1) is 15.6. The highest BCUT2D eigenvalue weighted by Crippen LogP contribution is 2.19. The molecule has 2 aromatic rings. The van der Waals surface area contributed by atoms with Crippen LogP contribution in [-0.4, -0.2) is 28.4 Å². The Balaban J connectivity index is 1.92. The first-order valence-corrected chi connectivity index (χ1v) is 7.86. The highest BCUT2D eigenvalue weighted by atomic mass is 16.2. The van der Waals surface area contributed by atoms with Crippen LogP contribution in [0, 0.1) is 18.8 Å². The molecule has 1 aromatic carbocycles. The lowest BCUT2D eigenvalue weighted by molar-refractivity contribution is -0.121. The third kappa shape index (κ3) is 2.70. The van der Waals surface area contributed by atoms with Gasteiger partial charge in [-0.15, -0.1) is 0 Å². The van der Waals surface area contributed by atoms with Gasteiger partial charge in [0.1, 0.15) is 5.69 Å². The van der Waals surface area contributed by atoms with E-state index >= 15 is 0 Å². The molecule has 0 spiro atoms. The second-order valence-electron chi connectivity index (χ2n) is 6.13. The molecule has 1 aliphatic heterocycles. The van der Waals surface area contributed by atoms with Crippen molar-refractivity contribution in [1.29, 1.82) is 0 Å². The smallest absolute Gasteiger partial charge is 0.295 e. The molecule has 0 saturated carbocycles. The Morgan fingerprint density at radius 2 is 1.96 bits per heavy atom. The lowest BCUT2D eigenvalue weighted by atomic mass is 9.88. The van der Waals surface area contributed by atoms with Crippen LogP contribution in [-0.2, 0) is 11.8 Å². The molecule has 0 bridgehead atoms. The van der Waals surface area contributed by atoms with E-state index in [1.54, 1.807) is 9.36 Å². The summed E-state index contributed by atoms with van der Waals surface area (Å²) in [4.78, 5) is 25.1. The van der Waals surface area contributed by atoms with E-state index in [9.17, 15) is 9.59 Å². The number of benzene rings is 1. The van der Waals surface area contributed by atoms with Crippen molar-refractivity contribution >= 4 is 11.6 Å². The number of aromatic nitrogens is 2. The van der Waals surface area contributed by atoms with Gasteiger partial charge in [-0.05, 0) is 38.1 Å². The summed E-state index contributed by atoms with van der Waals surface area (Å²) in [6, 6.07) is 9.41. The molecule has 1 fully saturated rings. The Labute approximate surface area is 135 Å². The van der Waals surface area contributed by atoms with Gasteiger partial charge in [0.2, 0.25) is 5.91 Å². The maximum absolute atomic E-state index is 12.7. The summed E-state index contributed by atoms with van der Waals surface area (Å²) in [5.74, 6) is 0.137. The van der Waals surface area contributed by atoms with Crippen LogP contribution in [0.2, 0.25) is 0 Å². The zero-order valence-corrected chi connectivity index (χ0v) is 13.7. The molecule has 3 rings (SSSR count). The van der Waals surface area contributed by atoms with Gasteiger partial charge in [0.25, 0.3) is 5.56 Å². The Morgan fingerprint density at radius 1 is 1.30 bits per heavy atom. The summed E-state index contributed by atoms with van der Waals surface area (Å²) >= 11 is 0. The first-order chi connectivity index (χ1) is 11.0. The van der Waals surface area contributed by atoms with Crippen LogP contribution in [0.15, 0.2) is 35.1 Å². The van der Waals surface area contributed by atoms with Gasteiger partial charge < -0.3 is 10.6 Å². The number of para-hydroxylation sites is 1. The number of hydrogen-bond donors (Lipinski definition) is 2. The summed E-state index contributed by atoms with van der Waals surface area (Å²) in [7, 11) is 1.82. The van der Waals surface area contributed by atoms with Gasteiger partial charge in [0, 0.05) is 13.0 Å². The molecule has 1 saturated heterocycles. The lowest BCUT2D eigenvalue weighted by Crippen LogP contribution is -2.48. The van der Waals surface area contributed by atoms with E-state index in [2.05, 4.69) is 10.6 Å². The minimum Gasteiger partial charge on any atom is -0.320 e. The lowest BCUT2D eigenvalue weighted by Gasteiger charge is -2.31. The molecule has 6 heteroatoms. The molecule has 2 N–H and O–H groups in total. The van der Waals surface area contributed by atoms with Crippen LogP contribution < -0.4 is 16.2 Å². The van der Waals surface area contributed by atoms with Crippen LogP contribution in [0.25, 0.3) is 5.69 Å². The molecule has 1 unspecified atom stereocenters. The normalized spacial score (nSPS) is 16.0. The maximum Gasteiger partial charge on any atom is 0.295 e. The quantitative estimate of drug-likeness (QED) is 0.893. The Hall–Kier alpha value is -2.34. The highest BCUT2D eigenvalue weighted by Gasteiger charge is 2.30. The number of anilines is 1. The van der Waals surface area contributed by atoms with Gasteiger partial charge in [0.15, 0.2) is 0 Å². The predicted octanol–water partition coefficient (Wildman–Crippen LogP) is 1.28. The summed E-state index contributed by atoms with van der Waals surface area (Å²) < 4.78 is 3.34. The highest BCUT2D eigenvalue weighted by molar-refractivity contribution is 5.93. The molecular formula is C17H22N4O2. The Morgan fingerprint density at radius 3 is 2.52 bits per heavy atom. The fourth-order valence-corrected chi connectivity index (χ4v) is 2.83. The number of carbonyl (C=O) groups is 1. The largest absolute Gasteiger partial charge is 0.320 e. The summed E-state index contributed by atoms with van der Waals surface area (Å²) in [6.07, 6.45) is 0. The summed E-state index contributed by atoms with van der Waals surface area (Å²) in [6.45, 7) is 5.47. The Kier molecular flexibility index (Phi) is 4.09. The van der Waals surface area contributed by atoms with Crippen molar-refractivity contribution in [1.82, 2.24) is 14.7 Å². The van der Waals surface area contributed by atoms with E-state index in [1.165, 1.54) is 0 Å². The van der Waals surface area contributed by atoms with E-state index < -0.39 is 0 Å². The van der Waals surface area contributed by atoms with Crippen molar-refractivity contribution in [2.45, 2.75) is 13.8 Å². The Bertz CT molecular complexity index is 772. The van der Waals surface area contributed by atoms with Crippen molar-refractivity contribution in [3.63, 3.8) is 0 Å². The molecule has 1 aliphatic rings. The average Bonchev–Trinajstić information content (AvgIpc) is 2.70. The van der Waals surface area contributed by atoms with Gasteiger partial charge >= 0.3 is 0 Å². The van der Waals surface area contributed by atoms with Crippen LogP contribution in [0.1, 0.15) is 12.6 Å². The number of hydrogen-bond acceptors (Lipinski definition) is 3. The molecule has 2 heterocycles. The fourth-order valence-electron chi connectivity index (χ4n) is 2.83. The molecule has 23 heavy (non-hydrogen) atoms. The molecule has 1 amide bonds. The van der Waals surface area contributed by atoms with Crippen molar-refractivity contribution in [2.75, 3.05) is 18.4 Å². The molecule has 0 aliphatic carbocycles. The second kappa shape index (κ2) is 6.04. The first-order valence-electron chi connectivity index (χ1n) is 7.86. The minimum absolute atomic E-state index is 0.0949. The van der Waals surface area contributed by atoms with E-state index in [-0.39, 0.29) is 17.4 Å². The van der Waals surface area contributed by atoms with Crippen LogP contribution in [0.4, 0.5) is 5.69 Å². The van der Waals surface area contributed by atoms with Crippen LogP contribution in [0.3, 0.4) is 0 Å². The number of nitrogens with zero attached hydrogens (tertiary/aromatic N) is 2. The standard InChI is InChI=1S/C17H22N4O2/c1-11(13-9-18-10-13)16(22)19-15-12(2)20(3)21(17(15)23)14-7-5-4-6-8-14/h4-8,11,13,18H,9-10H2,1-3H3,(H,19,22). The van der Waals surface area contributed by atoms with E-state index in [1.807, 2.05) is 51.2 Å². The molecule has 1 aromatic heterocycles. The van der Waals surface area contributed by atoms with E-state index in [0.29, 0.717) is 11.6 Å². The predicted molar refractivity (Wildman–Crippen MR) is 89.9 cm³/mol. The third-order valence-corrected chi connectivity index (χ3v) is 4.74. The molecule has 6 nitrogen and oxygen atoms in total. The zero-order valence-electron chi connectivity index (χ0n) is 13.7. The number of carbonyl (C=O) groups excluding carboxylic acids is 1. The molecular weight excluding hydrogens is 292 g/mol. The second-order valence-corrected chi connectivity index (χ2v) is 6.13.